The van der Waals surface area contributed by atoms with E-state index in [1.165, 1.54) is 86.8 Å². The summed E-state index contributed by atoms with van der Waals surface area (Å²) in [5.41, 5.74) is 1.07. The Hall–Kier alpha value is -2.32. The minimum Gasteiger partial charge on any atom is -1.00 e. The van der Waals surface area contributed by atoms with Gasteiger partial charge in [0.2, 0.25) is 15.5 Å². The summed E-state index contributed by atoms with van der Waals surface area (Å²) in [6, 6.07) is 12.0. The molecule has 1 N–H and O–H groups in total. The van der Waals surface area contributed by atoms with Gasteiger partial charge in [0.15, 0.2) is 6.20 Å². The van der Waals surface area contributed by atoms with Crippen LogP contribution < -0.4 is 38.3 Å². The molecule has 3 rings (SSSR count). The fraction of sp³-hybridized carbons (Fsp3) is 0.676. The Morgan fingerprint density at radius 2 is 1.47 bits per heavy atom. The quantitative estimate of drug-likeness (QED) is 0.0761. The van der Waals surface area contributed by atoms with Crippen molar-refractivity contribution >= 4 is 27.0 Å². The molecular weight excluding hydrogens is 751 g/mol. The summed E-state index contributed by atoms with van der Waals surface area (Å²) in [6.45, 7) is 9.11. The van der Waals surface area contributed by atoms with E-state index in [0.717, 1.165) is 36.1 Å². The number of rotatable bonds is 25. The number of carbonyl (C=O) groups excluding carboxylic acids is 1. The SMILES string of the molecule is Cc1ncnn1N(CCCCCCCCCCCCCCCC(C)C)C(=O)OC(C)CNS(=O)(=O)CCC[n+]1cccc2ccccc21.[I-]. The number of aromatic nitrogens is 4. The van der Waals surface area contributed by atoms with Gasteiger partial charge in [-0.1, -0.05) is 109 Å². The molecule has 1 unspecified atom stereocenters. The molecule has 0 spiro atoms. The number of halogens is 1. The second-order valence-corrected chi connectivity index (χ2v) is 15.5. The van der Waals surface area contributed by atoms with Gasteiger partial charge >= 0.3 is 6.09 Å². The standard InChI is InChI=1S/C37H61N6O4S.HI/c1-32(2)22-16-14-12-10-8-6-5-7-9-11-13-15-19-28-42(43-34(4)38-31-39-43)37(44)47-33(3)30-40-48(45,46)29-21-27-41-26-20-24-35-23-17-18-25-36(35)41;/h17-18,20,23-26,31-33,40H,5-16,19,21-22,27-30H2,1-4H3;1H/q+1;/p-1. The molecule has 12 heteroatoms. The average Bonchev–Trinajstić information content (AvgIpc) is 3.48. The van der Waals surface area contributed by atoms with E-state index < -0.39 is 22.2 Å². The number of ether oxygens (including phenoxy) is 1. The number of hydrogen-bond donors (Lipinski definition) is 1. The number of amides is 1. The first kappa shape index (κ1) is 42.8. The van der Waals surface area contributed by atoms with E-state index in [-0.39, 0.29) is 36.3 Å². The minimum atomic E-state index is -3.54. The van der Waals surface area contributed by atoms with Crippen molar-refractivity contribution in [2.24, 2.45) is 5.92 Å². The lowest BCUT2D eigenvalue weighted by molar-refractivity contribution is -0.671. The number of para-hydroxylation sites is 1. The molecule has 0 bridgehead atoms. The summed E-state index contributed by atoms with van der Waals surface area (Å²) < 4.78 is 35.8. The van der Waals surface area contributed by atoms with Gasteiger partial charge in [-0.3, -0.25) is 0 Å². The monoisotopic (exact) mass is 812 g/mol. The molecular formula is C37H61IN6O4S. The third-order valence-electron chi connectivity index (χ3n) is 8.78. The predicted molar refractivity (Wildman–Crippen MR) is 194 cm³/mol. The van der Waals surface area contributed by atoms with Gasteiger partial charge in [-0.15, -0.1) is 5.10 Å². The zero-order valence-corrected chi connectivity index (χ0v) is 33.3. The molecule has 0 fully saturated rings. The van der Waals surface area contributed by atoms with Crippen LogP contribution in [-0.4, -0.2) is 54.3 Å². The Morgan fingerprint density at radius 1 is 0.878 bits per heavy atom. The molecule has 0 radical (unpaired) electrons. The van der Waals surface area contributed by atoms with Crippen LogP contribution in [-0.2, 0) is 21.3 Å². The van der Waals surface area contributed by atoms with E-state index in [1.807, 2.05) is 42.6 Å². The first-order valence-electron chi connectivity index (χ1n) is 18.4. The molecule has 1 aromatic carbocycles. The molecule has 0 aliphatic carbocycles. The predicted octanol–water partition coefficient (Wildman–Crippen LogP) is 4.62. The molecule has 2 heterocycles. The Bertz CT molecular complexity index is 1450. The van der Waals surface area contributed by atoms with Crippen LogP contribution in [0.15, 0.2) is 48.9 Å². The molecule has 10 nitrogen and oxygen atoms in total. The molecule has 1 atom stereocenters. The van der Waals surface area contributed by atoms with Crippen LogP contribution in [0.3, 0.4) is 0 Å². The third kappa shape index (κ3) is 17.0. The smallest absolute Gasteiger partial charge is 0.430 e. The van der Waals surface area contributed by atoms with Crippen LogP contribution in [0.2, 0.25) is 0 Å². The van der Waals surface area contributed by atoms with E-state index in [2.05, 4.69) is 33.2 Å². The van der Waals surface area contributed by atoms with Gasteiger partial charge in [0.1, 0.15) is 24.8 Å². The topological polar surface area (TPSA) is 110 Å². The number of pyridine rings is 1. The summed E-state index contributed by atoms with van der Waals surface area (Å²) >= 11 is 0. The van der Waals surface area contributed by atoms with Crippen LogP contribution in [0.5, 0.6) is 0 Å². The highest BCUT2D eigenvalue weighted by molar-refractivity contribution is 7.89. The Kier molecular flexibility index (Phi) is 21.0. The number of sulfonamides is 1. The van der Waals surface area contributed by atoms with E-state index in [0.29, 0.717) is 25.3 Å². The van der Waals surface area contributed by atoms with E-state index in [9.17, 15) is 13.2 Å². The molecule has 49 heavy (non-hydrogen) atoms. The van der Waals surface area contributed by atoms with Gasteiger partial charge in [0.25, 0.3) is 0 Å². The maximum Gasteiger partial charge on any atom is 0.430 e. The van der Waals surface area contributed by atoms with Crippen LogP contribution in [0.1, 0.15) is 123 Å². The molecule has 1 amide bonds. The Balaban J connectivity index is 0.00000833. The lowest BCUT2D eigenvalue weighted by Crippen LogP contribution is -3.00. The largest absolute Gasteiger partial charge is 1.00 e. The van der Waals surface area contributed by atoms with Crippen molar-refractivity contribution in [1.29, 1.82) is 0 Å². The van der Waals surface area contributed by atoms with Crippen molar-refractivity contribution in [2.75, 3.05) is 23.9 Å². The van der Waals surface area contributed by atoms with E-state index in [1.54, 1.807) is 13.8 Å². The van der Waals surface area contributed by atoms with Gasteiger partial charge in [0, 0.05) is 37.0 Å². The van der Waals surface area contributed by atoms with Crippen LogP contribution in [0.25, 0.3) is 10.9 Å². The maximum atomic E-state index is 13.2. The maximum absolute atomic E-state index is 13.2. The number of fused-ring (bicyclic) bond motifs is 1. The second kappa shape index (κ2) is 24.0. The fourth-order valence-electron chi connectivity index (χ4n) is 5.98. The number of nitrogens with zero attached hydrogens (tertiary/aromatic N) is 5. The van der Waals surface area contributed by atoms with Crippen molar-refractivity contribution in [3.05, 3.63) is 54.7 Å². The number of hydrogen-bond acceptors (Lipinski definition) is 6. The molecule has 0 saturated carbocycles. The first-order chi connectivity index (χ1) is 23.2. The highest BCUT2D eigenvalue weighted by atomic mass is 127. The molecule has 0 saturated heterocycles. The minimum absolute atomic E-state index is 0. The van der Waals surface area contributed by atoms with Gasteiger partial charge in [0.05, 0.1) is 5.75 Å². The second-order valence-electron chi connectivity index (χ2n) is 13.6. The fourth-order valence-corrected chi connectivity index (χ4v) is 7.13. The van der Waals surface area contributed by atoms with E-state index >= 15 is 0 Å². The zero-order valence-electron chi connectivity index (χ0n) is 30.4. The van der Waals surface area contributed by atoms with Crippen molar-refractivity contribution in [3.63, 3.8) is 0 Å². The third-order valence-corrected chi connectivity index (χ3v) is 10.2. The van der Waals surface area contributed by atoms with E-state index in [4.69, 9.17) is 4.74 Å². The van der Waals surface area contributed by atoms with Gasteiger partial charge < -0.3 is 28.7 Å². The first-order valence-corrected chi connectivity index (χ1v) is 20.0. The Labute approximate surface area is 312 Å². The number of nitrogens with one attached hydrogen (secondary N) is 1. The van der Waals surface area contributed by atoms with Gasteiger partial charge in [-0.25, -0.2) is 22.9 Å². The summed E-state index contributed by atoms with van der Waals surface area (Å²) in [4.78, 5) is 18.8. The van der Waals surface area contributed by atoms with Crippen LogP contribution >= 0.6 is 0 Å². The number of benzene rings is 1. The molecule has 0 aliphatic rings. The van der Waals surface area contributed by atoms with Crippen molar-refractivity contribution in [3.8, 4) is 0 Å². The highest BCUT2D eigenvalue weighted by Gasteiger charge is 2.23. The summed E-state index contributed by atoms with van der Waals surface area (Å²) in [5, 5.41) is 6.78. The number of aryl methyl sites for hydroxylation is 2. The van der Waals surface area contributed by atoms with Crippen molar-refractivity contribution < 1.29 is 46.5 Å². The zero-order chi connectivity index (χ0) is 34.6. The van der Waals surface area contributed by atoms with Gasteiger partial charge in [-0.05, 0) is 38.3 Å². The molecule has 0 aliphatic heterocycles. The van der Waals surface area contributed by atoms with Crippen molar-refractivity contribution in [1.82, 2.24) is 19.6 Å². The van der Waals surface area contributed by atoms with Crippen LogP contribution in [0, 0.1) is 12.8 Å². The lowest BCUT2D eigenvalue weighted by atomic mass is 10.0. The highest BCUT2D eigenvalue weighted by Crippen LogP contribution is 2.15. The molecule has 2 aromatic heterocycles. The number of unbranched alkanes of at least 4 members (excludes halogenated alkanes) is 12. The molecule has 3 aromatic rings. The lowest BCUT2D eigenvalue weighted by Gasteiger charge is -2.24. The molecule has 276 valence electrons. The van der Waals surface area contributed by atoms with Gasteiger partial charge in [-0.2, -0.15) is 14.4 Å². The normalized spacial score (nSPS) is 12.3. The van der Waals surface area contributed by atoms with Crippen LogP contribution in [0.4, 0.5) is 4.79 Å². The number of carbonyl (C=O) groups is 1. The average molecular weight is 813 g/mol. The van der Waals surface area contributed by atoms with Crippen molar-refractivity contribution in [2.45, 2.75) is 137 Å². The summed E-state index contributed by atoms with van der Waals surface area (Å²) in [5.74, 6) is 1.39. The Morgan fingerprint density at radius 3 is 2.08 bits per heavy atom. The summed E-state index contributed by atoms with van der Waals surface area (Å²) in [6.07, 6.45) is 20.3. The summed E-state index contributed by atoms with van der Waals surface area (Å²) in [7, 11) is -3.54.